The molecule has 0 saturated carbocycles. The number of hydrogen-bond acceptors (Lipinski definition) is 4. The highest BCUT2D eigenvalue weighted by atomic mass is 16.2. The molecule has 3 heterocycles. The first-order chi connectivity index (χ1) is 10.1. The van der Waals surface area contributed by atoms with Gasteiger partial charge in [-0.2, -0.15) is 0 Å². The Morgan fingerprint density at radius 2 is 2.33 bits per heavy atom. The molecule has 0 spiro atoms. The Labute approximate surface area is 123 Å². The topological polar surface area (TPSA) is 77.0 Å². The molecular weight excluding hydrogens is 266 g/mol. The molecule has 2 aromatic heterocycles. The fourth-order valence-corrected chi connectivity index (χ4v) is 2.61. The molecule has 2 aromatic rings. The number of imidazole rings is 1. The monoisotopic (exact) mass is 285 g/mol. The molecule has 0 radical (unpaired) electrons. The van der Waals surface area contributed by atoms with Gasteiger partial charge in [0.05, 0.1) is 5.56 Å². The van der Waals surface area contributed by atoms with Gasteiger partial charge in [0.25, 0.3) is 5.91 Å². The van der Waals surface area contributed by atoms with E-state index in [-0.39, 0.29) is 11.3 Å². The summed E-state index contributed by atoms with van der Waals surface area (Å²) in [6, 6.07) is 3.63. The minimum absolute atomic E-state index is 0.0249. The highest BCUT2D eigenvalue weighted by Gasteiger charge is 2.35. The number of carbonyl (C=O) groups is 1. The molecule has 1 aliphatic heterocycles. The van der Waals surface area contributed by atoms with Crippen molar-refractivity contribution >= 4 is 5.91 Å². The Balaban J connectivity index is 1.74. The first-order valence-corrected chi connectivity index (χ1v) is 7.05. The molecule has 1 aliphatic rings. The number of hydrogen-bond donors (Lipinski definition) is 1. The van der Waals surface area contributed by atoms with Gasteiger partial charge in [0.15, 0.2) is 0 Å². The molecule has 1 saturated heterocycles. The minimum Gasteiger partial charge on any atom is -0.338 e. The number of nitrogens with zero attached hydrogens (tertiary/aromatic N) is 4. The summed E-state index contributed by atoms with van der Waals surface area (Å²) in [5.41, 5.74) is 6.44. The molecule has 1 atom stereocenters. The summed E-state index contributed by atoms with van der Waals surface area (Å²) in [5, 5.41) is 0. The normalized spacial score (nSPS) is 21.7. The minimum atomic E-state index is 0.0249. The van der Waals surface area contributed by atoms with Crippen molar-refractivity contribution in [3.8, 4) is 5.82 Å². The third kappa shape index (κ3) is 2.67. The number of likely N-dealkylation sites (tertiary alicyclic amines) is 1. The summed E-state index contributed by atoms with van der Waals surface area (Å²) >= 11 is 0. The Morgan fingerprint density at radius 3 is 2.90 bits per heavy atom. The van der Waals surface area contributed by atoms with Crippen molar-refractivity contribution in [2.45, 2.75) is 13.3 Å². The van der Waals surface area contributed by atoms with Gasteiger partial charge >= 0.3 is 0 Å². The molecule has 6 heteroatoms. The summed E-state index contributed by atoms with van der Waals surface area (Å²) in [6.45, 7) is 4.21. The van der Waals surface area contributed by atoms with Crippen LogP contribution in [0.5, 0.6) is 0 Å². The predicted molar refractivity (Wildman–Crippen MR) is 79.0 cm³/mol. The number of aromatic nitrogens is 3. The van der Waals surface area contributed by atoms with E-state index in [1.807, 2.05) is 23.2 Å². The maximum absolute atomic E-state index is 12.5. The van der Waals surface area contributed by atoms with E-state index < -0.39 is 0 Å². The molecule has 0 bridgehead atoms. The molecule has 2 N–H and O–H groups in total. The van der Waals surface area contributed by atoms with E-state index in [0.29, 0.717) is 18.7 Å². The van der Waals surface area contributed by atoms with Gasteiger partial charge in [0.2, 0.25) is 0 Å². The van der Waals surface area contributed by atoms with Gasteiger partial charge in [-0.05, 0) is 30.5 Å². The maximum atomic E-state index is 12.5. The molecule has 0 aliphatic carbocycles. The van der Waals surface area contributed by atoms with Crippen LogP contribution in [0.4, 0.5) is 0 Å². The standard InChI is InChI=1S/C15H19N5O/c1-15(9-16)4-6-19(10-15)14(21)12-2-3-13(18-8-12)20-7-5-17-11-20/h2-3,5,7-8,11H,4,6,9-10,16H2,1H3. The summed E-state index contributed by atoms with van der Waals surface area (Å²) in [7, 11) is 0. The van der Waals surface area contributed by atoms with Gasteiger partial charge in [-0.25, -0.2) is 9.97 Å². The van der Waals surface area contributed by atoms with Crippen LogP contribution in [0.15, 0.2) is 37.1 Å². The second kappa shape index (κ2) is 5.29. The first kappa shape index (κ1) is 13.8. The Hall–Kier alpha value is -2.21. The fraction of sp³-hybridized carbons (Fsp3) is 0.400. The summed E-state index contributed by atoms with van der Waals surface area (Å²) in [6.07, 6.45) is 7.76. The van der Waals surface area contributed by atoms with Crippen LogP contribution >= 0.6 is 0 Å². The fourth-order valence-electron chi connectivity index (χ4n) is 2.61. The largest absolute Gasteiger partial charge is 0.338 e. The van der Waals surface area contributed by atoms with Crippen LogP contribution in [0, 0.1) is 5.41 Å². The van der Waals surface area contributed by atoms with E-state index in [1.54, 1.807) is 23.3 Å². The Morgan fingerprint density at radius 1 is 1.48 bits per heavy atom. The molecule has 1 fully saturated rings. The summed E-state index contributed by atoms with van der Waals surface area (Å²) in [4.78, 5) is 22.6. The number of amides is 1. The number of rotatable bonds is 3. The zero-order valence-corrected chi connectivity index (χ0v) is 12.1. The highest BCUT2D eigenvalue weighted by Crippen LogP contribution is 2.29. The van der Waals surface area contributed by atoms with E-state index >= 15 is 0 Å². The molecule has 1 unspecified atom stereocenters. The van der Waals surface area contributed by atoms with Gasteiger partial charge in [0.1, 0.15) is 12.1 Å². The average molecular weight is 285 g/mol. The van der Waals surface area contributed by atoms with Gasteiger partial charge in [-0.15, -0.1) is 0 Å². The Kier molecular flexibility index (Phi) is 3.47. The first-order valence-electron chi connectivity index (χ1n) is 7.05. The zero-order chi connectivity index (χ0) is 14.9. The highest BCUT2D eigenvalue weighted by molar-refractivity contribution is 5.94. The second-order valence-corrected chi connectivity index (χ2v) is 5.87. The molecular formula is C15H19N5O. The van der Waals surface area contributed by atoms with E-state index in [1.165, 1.54) is 0 Å². The lowest BCUT2D eigenvalue weighted by atomic mass is 9.90. The lowest BCUT2D eigenvalue weighted by Crippen LogP contribution is -2.34. The lowest BCUT2D eigenvalue weighted by Gasteiger charge is -2.22. The van der Waals surface area contributed by atoms with Crippen LogP contribution in [0.3, 0.4) is 0 Å². The van der Waals surface area contributed by atoms with Crippen molar-refractivity contribution in [3.63, 3.8) is 0 Å². The molecule has 0 aromatic carbocycles. The molecule has 1 amide bonds. The smallest absolute Gasteiger partial charge is 0.255 e. The van der Waals surface area contributed by atoms with Gasteiger partial charge in [0, 0.05) is 31.7 Å². The van der Waals surface area contributed by atoms with Crippen LogP contribution in [0.25, 0.3) is 5.82 Å². The van der Waals surface area contributed by atoms with E-state index in [4.69, 9.17) is 5.73 Å². The summed E-state index contributed by atoms with van der Waals surface area (Å²) < 4.78 is 1.80. The van der Waals surface area contributed by atoms with Crippen LogP contribution in [0.1, 0.15) is 23.7 Å². The average Bonchev–Trinajstić information content (AvgIpc) is 3.17. The van der Waals surface area contributed by atoms with Gasteiger partial charge in [-0.3, -0.25) is 9.36 Å². The number of pyridine rings is 1. The second-order valence-electron chi connectivity index (χ2n) is 5.87. The van der Waals surface area contributed by atoms with Crippen molar-refractivity contribution < 1.29 is 4.79 Å². The summed E-state index contributed by atoms with van der Waals surface area (Å²) in [5.74, 6) is 0.772. The van der Waals surface area contributed by atoms with Crippen molar-refractivity contribution in [1.82, 2.24) is 19.4 Å². The van der Waals surface area contributed by atoms with Crippen molar-refractivity contribution in [2.75, 3.05) is 19.6 Å². The predicted octanol–water partition coefficient (Wildman–Crippen LogP) is 1.08. The number of nitrogens with two attached hydrogens (primary N) is 1. The van der Waals surface area contributed by atoms with Crippen molar-refractivity contribution in [1.29, 1.82) is 0 Å². The molecule has 6 nitrogen and oxygen atoms in total. The van der Waals surface area contributed by atoms with E-state index in [9.17, 15) is 4.79 Å². The van der Waals surface area contributed by atoms with Crippen molar-refractivity contribution in [2.24, 2.45) is 11.1 Å². The van der Waals surface area contributed by atoms with Gasteiger partial charge in [-0.1, -0.05) is 6.92 Å². The third-order valence-electron chi connectivity index (χ3n) is 4.10. The quantitative estimate of drug-likeness (QED) is 0.915. The van der Waals surface area contributed by atoms with Crippen LogP contribution in [0.2, 0.25) is 0 Å². The zero-order valence-electron chi connectivity index (χ0n) is 12.1. The Bertz CT molecular complexity index is 622. The van der Waals surface area contributed by atoms with Gasteiger partial charge < -0.3 is 10.6 Å². The number of carbonyl (C=O) groups excluding carboxylic acids is 1. The third-order valence-corrected chi connectivity index (χ3v) is 4.10. The lowest BCUT2D eigenvalue weighted by molar-refractivity contribution is 0.0776. The van der Waals surface area contributed by atoms with E-state index in [2.05, 4.69) is 16.9 Å². The molecule has 110 valence electrons. The SMILES string of the molecule is CC1(CN)CCN(C(=O)c2ccc(-n3ccnc3)nc2)C1. The molecule has 21 heavy (non-hydrogen) atoms. The van der Waals surface area contributed by atoms with Crippen LogP contribution < -0.4 is 5.73 Å². The van der Waals surface area contributed by atoms with E-state index in [0.717, 1.165) is 18.8 Å². The molecule has 3 rings (SSSR count). The van der Waals surface area contributed by atoms with Crippen LogP contribution in [-0.4, -0.2) is 45.0 Å². The van der Waals surface area contributed by atoms with Crippen LogP contribution in [-0.2, 0) is 0 Å². The van der Waals surface area contributed by atoms with Crippen molar-refractivity contribution in [3.05, 3.63) is 42.6 Å². The maximum Gasteiger partial charge on any atom is 0.255 e.